The van der Waals surface area contributed by atoms with Gasteiger partial charge in [0.05, 0.1) is 6.10 Å². The highest BCUT2D eigenvalue weighted by Crippen LogP contribution is 2.01. The van der Waals surface area contributed by atoms with Crippen molar-refractivity contribution in [1.82, 2.24) is 15.5 Å². The molecule has 100 valence electrons. The normalized spacial score (nSPS) is 13.9. The molecule has 0 aromatic carbocycles. The van der Waals surface area contributed by atoms with Gasteiger partial charge in [-0.3, -0.25) is 4.79 Å². The number of nitrogens with zero attached hydrogens (tertiary/aromatic N) is 2. The maximum Gasteiger partial charge on any atom is 0.328 e. The molecule has 1 amide bonds. The van der Waals surface area contributed by atoms with E-state index in [9.17, 15) is 14.7 Å². The molecule has 8 heteroatoms. The van der Waals surface area contributed by atoms with Gasteiger partial charge >= 0.3 is 5.97 Å². The van der Waals surface area contributed by atoms with E-state index in [-0.39, 0.29) is 12.8 Å². The van der Waals surface area contributed by atoms with Gasteiger partial charge in [0.1, 0.15) is 0 Å². The summed E-state index contributed by atoms with van der Waals surface area (Å²) in [5.41, 5.74) is 0. The zero-order chi connectivity index (χ0) is 13.7. The summed E-state index contributed by atoms with van der Waals surface area (Å²) in [4.78, 5) is 26.1. The van der Waals surface area contributed by atoms with Gasteiger partial charge < -0.3 is 20.1 Å². The number of carbonyl (C=O) groups excluding carboxylic acids is 1. The molecule has 1 aromatic rings. The number of aryl methyl sites for hydroxylation is 2. The summed E-state index contributed by atoms with van der Waals surface area (Å²) >= 11 is 0. The number of carbonyl (C=O) groups is 2. The molecule has 0 bridgehead atoms. The van der Waals surface area contributed by atoms with E-state index in [1.807, 2.05) is 0 Å². The first-order valence-corrected chi connectivity index (χ1v) is 5.39. The molecule has 0 radical (unpaired) electrons. The van der Waals surface area contributed by atoms with Gasteiger partial charge in [0.25, 0.3) is 0 Å². The first kappa shape index (κ1) is 14.1. The molecule has 3 N–H and O–H groups in total. The zero-order valence-corrected chi connectivity index (χ0v) is 10.1. The minimum absolute atomic E-state index is 0.0120. The Morgan fingerprint density at radius 1 is 1.50 bits per heavy atom. The predicted octanol–water partition coefficient (Wildman–Crippen LogP) is -0.739. The Bertz CT molecular complexity index is 429. The van der Waals surface area contributed by atoms with E-state index in [1.54, 1.807) is 6.92 Å². The van der Waals surface area contributed by atoms with Crippen molar-refractivity contribution >= 4 is 11.9 Å². The SMILES string of the molecule is Cc1noc(CCC(=O)N[C@H](C(=O)O)[C@@H](C)O)n1. The Morgan fingerprint density at radius 2 is 2.17 bits per heavy atom. The van der Waals surface area contributed by atoms with Crippen LogP contribution in [0.2, 0.25) is 0 Å². The van der Waals surface area contributed by atoms with Crippen molar-refractivity contribution in [2.24, 2.45) is 0 Å². The summed E-state index contributed by atoms with van der Waals surface area (Å²) < 4.78 is 4.81. The van der Waals surface area contributed by atoms with Crippen molar-refractivity contribution in [3.8, 4) is 0 Å². The number of hydrogen-bond donors (Lipinski definition) is 3. The van der Waals surface area contributed by atoms with E-state index < -0.39 is 24.0 Å². The maximum absolute atomic E-state index is 11.5. The summed E-state index contributed by atoms with van der Waals surface area (Å²) in [5.74, 6) is -1.00. The summed E-state index contributed by atoms with van der Waals surface area (Å²) in [6.45, 7) is 2.95. The molecule has 0 saturated carbocycles. The molecule has 1 rings (SSSR count). The Morgan fingerprint density at radius 3 is 2.61 bits per heavy atom. The number of rotatable bonds is 6. The summed E-state index contributed by atoms with van der Waals surface area (Å²) in [5, 5.41) is 23.7. The molecule has 1 aromatic heterocycles. The van der Waals surface area contributed by atoms with Crippen molar-refractivity contribution in [2.75, 3.05) is 0 Å². The van der Waals surface area contributed by atoms with Crippen LogP contribution in [0.4, 0.5) is 0 Å². The van der Waals surface area contributed by atoms with Crippen LogP contribution in [0, 0.1) is 6.92 Å². The third-order valence-corrected chi connectivity index (χ3v) is 2.20. The molecule has 2 atom stereocenters. The third-order valence-electron chi connectivity index (χ3n) is 2.20. The van der Waals surface area contributed by atoms with Crippen LogP contribution in [0.1, 0.15) is 25.1 Å². The van der Waals surface area contributed by atoms with Gasteiger partial charge in [-0.1, -0.05) is 5.16 Å². The molecule has 0 unspecified atom stereocenters. The summed E-state index contributed by atoms with van der Waals surface area (Å²) in [6, 6.07) is -1.32. The number of hydrogen-bond acceptors (Lipinski definition) is 6. The fraction of sp³-hybridized carbons (Fsp3) is 0.600. The van der Waals surface area contributed by atoms with E-state index in [0.717, 1.165) is 0 Å². The fourth-order valence-electron chi connectivity index (χ4n) is 1.30. The number of aromatic nitrogens is 2. The highest BCUT2D eigenvalue weighted by molar-refractivity contribution is 5.83. The van der Waals surface area contributed by atoms with Gasteiger partial charge in [-0.05, 0) is 13.8 Å². The monoisotopic (exact) mass is 257 g/mol. The van der Waals surface area contributed by atoms with Crippen LogP contribution in [0.5, 0.6) is 0 Å². The topological polar surface area (TPSA) is 126 Å². The van der Waals surface area contributed by atoms with Crippen LogP contribution in [0.25, 0.3) is 0 Å². The summed E-state index contributed by atoms with van der Waals surface area (Å²) in [6.07, 6.45) is -0.936. The quantitative estimate of drug-likeness (QED) is 0.612. The number of nitrogens with one attached hydrogen (secondary N) is 1. The smallest absolute Gasteiger partial charge is 0.328 e. The number of carboxylic acid groups (broad SMARTS) is 1. The molecule has 0 fully saturated rings. The van der Waals surface area contributed by atoms with Gasteiger partial charge in [0.15, 0.2) is 11.9 Å². The van der Waals surface area contributed by atoms with Gasteiger partial charge in [-0.2, -0.15) is 4.98 Å². The van der Waals surface area contributed by atoms with E-state index >= 15 is 0 Å². The molecule has 0 spiro atoms. The molecular weight excluding hydrogens is 242 g/mol. The molecule has 8 nitrogen and oxygen atoms in total. The maximum atomic E-state index is 11.5. The number of aliphatic hydroxyl groups excluding tert-OH is 1. The molecule has 18 heavy (non-hydrogen) atoms. The van der Waals surface area contributed by atoms with Gasteiger partial charge in [-0.15, -0.1) is 0 Å². The van der Waals surface area contributed by atoms with Gasteiger partial charge in [0, 0.05) is 12.8 Å². The molecule has 0 saturated heterocycles. The van der Waals surface area contributed by atoms with Crippen molar-refractivity contribution in [2.45, 2.75) is 38.8 Å². The van der Waals surface area contributed by atoms with Crippen LogP contribution in [-0.2, 0) is 16.0 Å². The number of carboxylic acids is 1. The average molecular weight is 257 g/mol. The number of aliphatic carboxylic acids is 1. The van der Waals surface area contributed by atoms with Crippen molar-refractivity contribution in [3.05, 3.63) is 11.7 Å². The van der Waals surface area contributed by atoms with E-state index in [4.69, 9.17) is 9.63 Å². The van der Waals surface area contributed by atoms with Crippen molar-refractivity contribution in [1.29, 1.82) is 0 Å². The first-order chi connectivity index (χ1) is 8.40. The second-order valence-electron chi connectivity index (χ2n) is 3.86. The molecular formula is C10H15N3O5. The van der Waals surface area contributed by atoms with Crippen LogP contribution >= 0.6 is 0 Å². The zero-order valence-electron chi connectivity index (χ0n) is 10.1. The first-order valence-electron chi connectivity index (χ1n) is 5.39. The lowest BCUT2D eigenvalue weighted by Gasteiger charge is -2.16. The average Bonchev–Trinajstić information content (AvgIpc) is 2.68. The Hall–Kier alpha value is -1.96. The lowest BCUT2D eigenvalue weighted by Crippen LogP contribution is -2.47. The van der Waals surface area contributed by atoms with Crippen LogP contribution < -0.4 is 5.32 Å². The predicted molar refractivity (Wildman–Crippen MR) is 58.6 cm³/mol. The Labute approximate surface area is 103 Å². The van der Waals surface area contributed by atoms with Gasteiger partial charge in [0.2, 0.25) is 11.8 Å². The number of aliphatic hydroxyl groups is 1. The number of amides is 1. The Kier molecular flexibility index (Phi) is 4.78. The van der Waals surface area contributed by atoms with Crippen LogP contribution in [-0.4, -0.2) is 44.4 Å². The molecule has 1 heterocycles. The standard InChI is InChI=1S/C10H15N3O5/c1-5(14)9(10(16)17)12-7(15)3-4-8-11-6(2)13-18-8/h5,9,14H,3-4H2,1-2H3,(H,12,15)(H,16,17)/t5-,9+/m1/s1. The van der Waals surface area contributed by atoms with Crippen molar-refractivity contribution < 1.29 is 24.3 Å². The van der Waals surface area contributed by atoms with Crippen molar-refractivity contribution in [3.63, 3.8) is 0 Å². The lowest BCUT2D eigenvalue weighted by atomic mass is 10.1. The lowest BCUT2D eigenvalue weighted by molar-refractivity contribution is -0.144. The molecule has 0 aliphatic rings. The second-order valence-corrected chi connectivity index (χ2v) is 3.86. The highest BCUT2D eigenvalue weighted by Gasteiger charge is 2.24. The Balaban J connectivity index is 2.43. The summed E-state index contributed by atoms with van der Waals surface area (Å²) in [7, 11) is 0. The third kappa shape index (κ3) is 4.13. The van der Waals surface area contributed by atoms with E-state index in [1.165, 1.54) is 6.92 Å². The molecule has 0 aliphatic heterocycles. The van der Waals surface area contributed by atoms with E-state index in [0.29, 0.717) is 11.7 Å². The van der Waals surface area contributed by atoms with E-state index in [2.05, 4.69) is 15.5 Å². The fourth-order valence-corrected chi connectivity index (χ4v) is 1.30. The minimum Gasteiger partial charge on any atom is -0.480 e. The van der Waals surface area contributed by atoms with Crippen LogP contribution in [0.3, 0.4) is 0 Å². The highest BCUT2D eigenvalue weighted by atomic mass is 16.5. The van der Waals surface area contributed by atoms with Crippen LogP contribution in [0.15, 0.2) is 4.52 Å². The minimum atomic E-state index is -1.32. The molecule has 0 aliphatic carbocycles. The largest absolute Gasteiger partial charge is 0.480 e. The second kappa shape index (κ2) is 6.10. The van der Waals surface area contributed by atoms with Gasteiger partial charge in [-0.25, -0.2) is 4.79 Å².